The second-order valence-electron chi connectivity index (χ2n) is 5.34. The van der Waals surface area contributed by atoms with Crippen molar-refractivity contribution in [3.05, 3.63) is 53.6 Å². The van der Waals surface area contributed by atoms with Gasteiger partial charge in [-0.25, -0.2) is 8.42 Å². The molecule has 2 aromatic rings. The number of fused-ring (bicyclic) bond motifs is 1. The Morgan fingerprint density at radius 1 is 1.05 bits per heavy atom. The molecule has 0 radical (unpaired) electrons. The maximum atomic E-state index is 12.9. The molecule has 1 atom stereocenters. The fourth-order valence-electron chi connectivity index (χ4n) is 2.50. The molecule has 0 N–H and O–H groups in total. The van der Waals surface area contributed by atoms with Crippen LogP contribution in [-0.4, -0.2) is 24.9 Å². The van der Waals surface area contributed by atoms with Crippen LogP contribution < -0.4 is 4.31 Å². The van der Waals surface area contributed by atoms with Gasteiger partial charge in [0.25, 0.3) is 10.0 Å². The van der Waals surface area contributed by atoms with Crippen LogP contribution in [0.4, 0.5) is 5.69 Å². The topological polar surface area (TPSA) is 54.5 Å². The first-order valence-corrected chi connectivity index (χ1v) is 9.74. The Morgan fingerprint density at radius 2 is 1.77 bits per heavy atom. The molecule has 116 valence electrons. The third kappa shape index (κ3) is 2.46. The number of nitrogens with zero attached hydrogens (tertiary/aromatic N) is 1. The molecule has 1 aliphatic rings. The van der Waals surface area contributed by atoms with Crippen molar-refractivity contribution in [3.63, 3.8) is 0 Å². The lowest BCUT2D eigenvalue weighted by molar-refractivity contribution is 0.591. The third-order valence-corrected chi connectivity index (χ3v) is 7.12. The van der Waals surface area contributed by atoms with Gasteiger partial charge in [-0.1, -0.05) is 18.2 Å². The fourth-order valence-corrected chi connectivity index (χ4v) is 5.46. The molecule has 0 aliphatic carbocycles. The molecule has 0 saturated heterocycles. The average Bonchev–Trinajstić information content (AvgIpc) is 2.50. The minimum atomic E-state index is -3.64. The van der Waals surface area contributed by atoms with Crippen LogP contribution >= 0.6 is 0 Å². The first-order valence-electron chi connectivity index (χ1n) is 6.98. The molecule has 1 aliphatic heterocycles. The molecule has 6 heteroatoms. The highest BCUT2D eigenvalue weighted by atomic mass is 32.2. The van der Waals surface area contributed by atoms with Gasteiger partial charge in [-0.05, 0) is 49.2 Å². The van der Waals surface area contributed by atoms with Crippen molar-refractivity contribution < 1.29 is 12.6 Å². The van der Waals surface area contributed by atoms with E-state index in [1.165, 1.54) is 4.31 Å². The largest absolute Gasteiger partial charge is 0.264 e. The van der Waals surface area contributed by atoms with Crippen molar-refractivity contribution in [2.75, 3.05) is 16.6 Å². The van der Waals surface area contributed by atoms with E-state index in [1.807, 2.05) is 19.9 Å². The lowest BCUT2D eigenvalue weighted by Gasteiger charge is -2.30. The van der Waals surface area contributed by atoms with Crippen molar-refractivity contribution >= 4 is 26.5 Å². The summed E-state index contributed by atoms with van der Waals surface area (Å²) in [5.74, 6) is 0.321. The maximum absolute atomic E-state index is 12.9. The van der Waals surface area contributed by atoms with Gasteiger partial charge in [0, 0.05) is 12.3 Å². The number of para-hydroxylation sites is 1. The van der Waals surface area contributed by atoms with Crippen LogP contribution in [0.5, 0.6) is 0 Å². The molecule has 0 spiro atoms. The lowest BCUT2D eigenvalue weighted by atomic mass is 10.1. The number of hydrogen-bond acceptors (Lipinski definition) is 3. The Balaban J connectivity index is 2.12. The normalized spacial score (nSPS) is 18.1. The first-order chi connectivity index (χ1) is 10.4. The zero-order valence-corrected chi connectivity index (χ0v) is 14.1. The van der Waals surface area contributed by atoms with Gasteiger partial charge in [-0.3, -0.25) is 8.51 Å². The summed E-state index contributed by atoms with van der Waals surface area (Å²) >= 11 is 0. The van der Waals surface area contributed by atoms with Crippen molar-refractivity contribution in [1.82, 2.24) is 0 Å². The van der Waals surface area contributed by atoms with E-state index in [4.69, 9.17) is 0 Å². The highest BCUT2D eigenvalue weighted by molar-refractivity contribution is 7.93. The summed E-state index contributed by atoms with van der Waals surface area (Å²) in [6.45, 7) is 4.08. The molecule has 3 rings (SSSR count). The van der Waals surface area contributed by atoms with Crippen molar-refractivity contribution in [3.8, 4) is 0 Å². The monoisotopic (exact) mass is 335 g/mol. The van der Waals surface area contributed by atoms with Crippen LogP contribution in [0.3, 0.4) is 0 Å². The smallest absolute Gasteiger partial charge is 0.264 e. The van der Waals surface area contributed by atoms with Gasteiger partial charge in [0.05, 0.1) is 26.3 Å². The number of sulfonamides is 1. The standard InChI is InChI=1S/C16H17NO3S2/c1-12-7-8-14(11-13(12)2)22(19,20)17-9-10-21(18)16-6-4-3-5-15(16)17/h3-8,11H,9-10H2,1-2H3. The van der Waals surface area contributed by atoms with E-state index in [0.29, 0.717) is 16.3 Å². The van der Waals surface area contributed by atoms with Crippen LogP contribution in [0.2, 0.25) is 0 Å². The summed E-state index contributed by atoms with van der Waals surface area (Å²) in [6, 6.07) is 12.1. The van der Waals surface area contributed by atoms with E-state index < -0.39 is 20.8 Å². The van der Waals surface area contributed by atoms with Crippen molar-refractivity contribution in [2.45, 2.75) is 23.6 Å². The van der Waals surface area contributed by atoms with Gasteiger partial charge < -0.3 is 0 Å². The fraction of sp³-hybridized carbons (Fsp3) is 0.250. The van der Waals surface area contributed by atoms with E-state index in [0.717, 1.165) is 11.1 Å². The molecular weight excluding hydrogens is 318 g/mol. The average molecular weight is 335 g/mol. The quantitative estimate of drug-likeness (QED) is 0.848. The Morgan fingerprint density at radius 3 is 2.50 bits per heavy atom. The highest BCUT2D eigenvalue weighted by Gasteiger charge is 2.31. The Hall–Kier alpha value is -1.66. The number of rotatable bonds is 2. The molecule has 1 heterocycles. The lowest BCUT2D eigenvalue weighted by Crippen LogP contribution is -2.38. The SMILES string of the molecule is Cc1ccc(S(=O)(=O)N2CCS(=O)c3ccccc32)cc1C. The number of benzene rings is 2. The van der Waals surface area contributed by atoms with Gasteiger partial charge in [-0.15, -0.1) is 0 Å². The number of anilines is 1. The minimum absolute atomic E-state index is 0.235. The summed E-state index contributed by atoms with van der Waals surface area (Å²) in [5, 5.41) is 0. The molecule has 0 aromatic heterocycles. The predicted octanol–water partition coefficient (Wildman–Crippen LogP) is 2.62. The van der Waals surface area contributed by atoms with Crippen LogP contribution in [0.25, 0.3) is 0 Å². The zero-order valence-electron chi connectivity index (χ0n) is 12.4. The molecular formula is C16H17NO3S2. The number of aryl methyl sites for hydroxylation is 2. The first kappa shape index (κ1) is 15.2. The van der Waals surface area contributed by atoms with Crippen LogP contribution in [0, 0.1) is 13.8 Å². The van der Waals surface area contributed by atoms with E-state index in [9.17, 15) is 12.6 Å². The van der Waals surface area contributed by atoms with Crippen LogP contribution in [0.15, 0.2) is 52.3 Å². The maximum Gasteiger partial charge on any atom is 0.264 e. The Kier molecular flexibility index (Phi) is 3.82. The van der Waals surface area contributed by atoms with Gasteiger partial charge in [0.1, 0.15) is 0 Å². The van der Waals surface area contributed by atoms with Crippen LogP contribution in [0.1, 0.15) is 11.1 Å². The minimum Gasteiger partial charge on any atom is -0.264 e. The van der Waals surface area contributed by atoms with E-state index in [-0.39, 0.29) is 11.4 Å². The molecule has 0 fully saturated rings. The van der Waals surface area contributed by atoms with Crippen molar-refractivity contribution in [2.24, 2.45) is 0 Å². The highest BCUT2D eigenvalue weighted by Crippen LogP contribution is 2.32. The Bertz CT molecular complexity index is 859. The van der Waals surface area contributed by atoms with Gasteiger partial charge in [0.2, 0.25) is 0 Å². The number of hydrogen-bond donors (Lipinski definition) is 0. The molecule has 0 bridgehead atoms. The Labute approximate surface area is 133 Å². The summed E-state index contributed by atoms with van der Waals surface area (Å²) in [6.07, 6.45) is 0. The second-order valence-corrected chi connectivity index (χ2v) is 8.74. The molecule has 2 aromatic carbocycles. The second kappa shape index (κ2) is 5.52. The van der Waals surface area contributed by atoms with Crippen LogP contribution in [-0.2, 0) is 20.8 Å². The molecule has 4 nitrogen and oxygen atoms in total. The predicted molar refractivity (Wildman–Crippen MR) is 88.2 cm³/mol. The van der Waals surface area contributed by atoms with E-state index in [2.05, 4.69) is 0 Å². The molecule has 22 heavy (non-hydrogen) atoms. The third-order valence-electron chi connectivity index (χ3n) is 3.93. The van der Waals surface area contributed by atoms with Gasteiger partial charge in [-0.2, -0.15) is 0 Å². The molecule has 1 unspecified atom stereocenters. The molecule has 0 saturated carbocycles. The summed E-state index contributed by atoms with van der Waals surface area (Å²) in [7, 11) is -4.78. The summed E-state index contributed by atoms with van der Waals surface area (Å²) < 4.78 is 39.3. The van der Waals surface area contributed by atoms with E-state index in [1.54, 1.807) is 36.4 Å². The summed E-state index contributed by atoms with van der Waals surface area (Å²) in [5.41, 5.74) is 2.51. The van der Waals surface area contributed by atoms with Gasteiger partial charge >= 0.3 is 0 Å². The van der Waals surface area contributed by atoms with Crippen molar-refractivity contribution in [1.29, 1.82) is 0 Å². The van der Waals surface area contributed by atoms with E-state index >= 15 is 0 Å². The summed E-state index contributed by atoms with van der Waals surface area (Å²) in [4.78, 5) is 0.860. The molecule has 0 amide bonds. The van der Waals surface area contributed by atoms with Gasteiger partial charge in [0.15, 0.2) is 0 Å². The zero-order chi connectivity index (χ0) is 15.9.